The van der Waals surface area contributed by atoms with Gasteiger partial charge in [0.1, 0.15) is 5.65 Å². The van der Waals surface area contributed by atoms with Gasteiger partial charge in [0.25, 0.3) is 0 Å². The van der Waals surface area contributed by atoms with Crippen molar-refractivity contribution in [3.8, 4) is 11.8 Å². The van der Waals surface area contributed by atoms with E-state index in [0.29, 0.717) is 5.56 Å². The molecule has 2 aromatic carbocycles. The largest absolute Gasteiger partial charge is 0.292 e. The fraction of sp³-hybridized carbons (Fsp3) is 0. The van der Waals surface area contributed by atoms with Crippen molar-refractivity contribution in [3.05, 3.63) is 60.3 Å². The third-order valence-corrected chi connectivity index (χ3v) is 5.16. The molecule has 2 aromatic heterocycles. The minimum Gasteiger partial charge on any atom is -0.292 e. The number of para-hydroxylation sites is 1. The zero-order valence-corrected chi connectivity index (χ0v) is 12.3. The third kappa shape index (κ3) is 1.39. The van der Waals surface area contributed by atoms with E-state index in [4.69, 9.17) is 5.26 Å². The van der Waals surface area contributed by atoms with E-state index >= 15 is 0 Å². The van der Waals surface area contributed by atoms with E-state index in [-0.39, 0.29) is 0 Å². The van der Waals surface area contributed by atoms with Crippen LogP contribution in [0.2, 0.25) is 0 Å². The number of hydrogen-bond donors (Lipinski definition) is 0. The molecule has 0 N–H and O–H groups in total. The third-order valence-electron chi connectivity index (χ3n) is 4.06. The topological polar surface area (TPSA) is 41.6 Å². The fourth-order valence-corrected chi connectivity index (χ4v) is 4.28. The highest BCUT2D eigenvalue weighted by molar-refractivity contribution is 7.99. The zero-order chi connectivity index (χ0) is 14.7. The number of rotatable bonds is 0. The normalized spacial score (nSPS) is 12.3. The van der Waals surface area contributed by atoms with E-state index in [9.17, 15) is 0 Å². The van der Waals surface area contributed by atoms with Crippen LogP contribution in [-0.4, -0.2) is 9.55 Å². The summed E-state index contributed by atoms with van der Waals surface area (Å²) in [5, 5.41) is 11.5. The van der Waals surface area contributed by atoms with Gasteiger partial charge in [-0.2, -0.15) is 5.26 Å². The second-order valence-electron chi connectivity index (χ2n) is 5.26. The number of nitrogens with zero attached hydrogens (tertiary/aromatic N) is 3. The van der Waals surface area contributed by atoms with Crippen molar-refractivity contribution in [2.45, 2.75) is 9.79 Å². The summed E-state index contributed by atoms with van der Waals surface area (Å²) in [6.45, 7) is 0. The van der Waals surface area contributed by atoms with Crippen molar-refractivity contribution < 1.29 is 0 Å². The quantitative estimate of drug-likeness (QED) is 0.422. The summed E-state index contributed by atoms with van der Waals surface area (Å²) in [7, 11) is 0. The minimum absolute atomic E-state index is 0.686. The first-order valence-electron chi connectivity index (χ1n) is 6.97. The van der Waals surface area contributed by atoms with Gasteiger partial charge in [0.2, 0.25) is 0 Å². The first-order chi connectivity index (χ1) is 10.9. The van der Waals surface area contributed by atoms with Crippen LogP contribution in [0, 0.1) is 11.3 Å². The highest BCUT2D eigenvalue weighted by Crippen LogP contribution is 2.46. The first-order valence-corrected chi connectivity index (χ1v) is 7.79. The van der Waals surface area contributed by atoms with Crippen LogP contribution in [0.15, 0.2) is 64.5 Å². The van der Waals surface area contributed by atoms with Crippen molar-refractivity contribution in [3.63, 3.8) is 0 Å². The van der Waals surface area contributed by atoms with Gasteiger partial charge < -0.3 is 0 Å². The molecule has 0 saturated heterocycles. The molecule has 22 heavy (non-hydrogen) atoms. The van der Waals surface area contributed by atoms with Crippen molar-refractivity contribution in [1.82, 2.24) is 9.55 Å². The molecule has 4 aromatic rings. The van der Waals surface area contributed by atoms with Crippen molar-refractivity contribution in [2.75, 3.05) is 0 Å². The molecule has 4 heteroatoms. The monoisotopic (exact) mass is 299 g/mol. The van der Waals surface area contributed by atoms with Gasteiger partial charge in [0.05, 0.1) is 22.8 Å². The predicted molar refractivity (Wildman–Crippen MR) is 87.4 cm³/mol. The Hall–Kier alpha value is -2.77. The van der Waals surface area contributed by atoms with E-state index in [1.807, 2.05) is 30.5 Å². The van der Waals surface area contributed by atoms with E-state index < -0.39 is 0 Å². The fourth-order valence-electron chi connectivity index (χ4n) is 3.15. The van der Waals surface area contributed by atoms with Gasteiger partial charge in [0, 0.05) is 26.8 Å². The van der Waals surface area contributed by atoms with Crippen molar-refractivity contribution >= 4 is 33.7 Å². The maximum absolute atomic E-state index is 9.14. The van der Waals surface area contributed by atoms with Gasteiger partial charge in [-0.3, -0.25) is 4.57 Å². The molecule has 0 spiro atoms. The summed E-state index contributed by atoms with van der Waals surface area (Å²) >= 11 is 1.72. The molecule has 1 aliphatic heterocycles. The Morgan fingerprint density at radius 3 is 2.82 bits per heavy atom. The molecule has 5 rings (SSSR count). The van der Waals surface area contributed by atoms with Gasteiger partial charge in [-0.15, -0.1) is 0 Å². The smallest absolute Gasteiger partial charge is 0.145 e. The molecule has 0 unspecified atom stereocenters. The maximum Gasteiger partial charge on any atom is 0.145 e. The van der Waals surface area contributed by atoms with Gasteiger partial charge in [-0.05, 0) is 36.4 Å². The number of nitriles is 1. The van der Waals surface area contributed by atoms with Crippen LogP contribution in [0.1, 0.15) is 5.56 Å². The summed E-state index contributed by atoms with van der Waals surface area (Å²) < 4.78 is 2.22. The molecule has 3 heterocycles. The zero-order valence-electron chi connectivity index (χ0n) is 11.4. The SMILES string of the molecule is N#Cc1ccc2c(c1)Sc1cccc3c4cccnc4n-2c13. The Morgan fingerprint density at radius 1 is 1.00 bits per heavy atom. The van der Waals surface area contributed by atoms with Gasteiger partial charge >= 0.3 is 0 Å². The number of pyridine rings is 1. The predicted octanol–water partition coefficient (Wildman–Crippen LogP) is 4.51. The van der Waals surface area contributed by atoms with Gasteiger partial charge in [-0.25, -0.2) is 4.98 Å². The summed E-state index contributed by atoms with van der Waals surface area (Å²) in [5.41, 5.74) is 3.96. The molecule has 0 bridgehead atoms. The molecule has 3 nitrogen and oxygen atoms in total. The molecule has 102 valence electrons. The minimum atomic E-state index is 0.686. The number of fused-ring (bicyclic) bond motifs is 5. The average Bonchev–Trinajstić information content (AvgIpc) is 2.91. The molecule has 0 saturated carbocycles. The Labute approximate surface area is 130 Å². The number of benzene rings is 2. The lowest BCUT2D eigenvalue weighted by Crippen LogP contribution is -2.02. The van der Waals surface area contributed by atoms with Gasteiger partial charge in [-0.1, -0.05) is 23.9 Å². The lowest BCUT2D eigenvalue weighted by molar-refractivity contribution is 1.06. The van der Waals surface area contributed by atoms with Crippen LogP contribution in [0.4, 0.5) is 0 Å². The van der Waals surface area contributed by atoms with E-state index in [1.165, 1.54) is 15.8 Å². The standard InChI is InChI=1S/C18H9N3S/c19-10-11-6-7-14-16(9-11)22-15-5-1-3-12-13-4-2-8-20-18(13)21(14)17(12)15/h1-9H. The molecule has 0 radical (unpaired) electrons. The first kappa shape index (κ1) is 11.8. The Balaban J connectivity index is 2.02. The maximum atomic E-state index is 9.14. The highest BCUT2D eigenvalue weighted by Gasteiger charge is 2.23. The lowest BCUT2D eigenvalue weighted by atomic mass is 10.2. The van der Waals surface area contributed by atoms with Gasteiger partial charge in [0.15, 0.2) is 0 Å². The molecule has 1 aliphatic rings. The summed E-state index contributed by atoms with van der Waals surface area (Å²) in [5.74, 6) is 0. The van der Waals surface area contributed by atoms with E-state index in [2.05, 4.69) is 39.9 Å². The van der Waals surface area contributed by atoms with Crippen molar-refractivity contribution in [1.29, 1.82) is 5.26 Å². The number of aromatic nitrogens is 2. The summed E-state index contributed by atoms with van der Waals surface area (Å²) in [4.78, 5) is 6.90. The molecule has 0 amide bonds. The van der Waals surface area contributed by atoms with Crippen LogP contribution in [0.25, 0.3) is 27.6 Å². The average molecular weight is 299 g/mol. The van der Waals surface area contributed by atoms with Crippen LogP contribution < -0.4 is 0 Å². The Bertz CT molecular complexity index is 1120. The Morgan fingerprint density at radius 2 is 1.91 bits per heavy atom. The molecule has 0 atom stereocenters. The molecule has 0 fully saturated rings. The van der Waals surface area contributed by atoms with Crippen molar-refractivity contribution in [2.24, 2.45) is 0 Å². The summed E-state index contributed by atoms with van der Waals surface area (Å²) in [6.07, 6.45) is 1.83. The second kappa shape index (κ2) is 4.12. The Kier molecular flexibility index (Phi) is 2.22. The molecular weight excluding hydrogens is 290 g/mol. The van der Waals surface area contributed by atoms with Crippen LogP contribution in [0.3, 0.4) is 0 Å². The lowest BCUT2D eigenvalue weighted by Gasteiger charge is -2.19. The van der Waals surface area contributed by atoms with Crippen LogP contribution in [-0.2, 0) is 0 Å². The number of hydrogen-bond acceptors (Lipinski definition) is 3. The molecular formula is C18H9N3S. The van der Waals surface area contributed by atoms with Crippen LogP contribution >= 0.6 is 11.8 Å². The second-order valence-corrected chi connectivity index (χ2v) is 6.34. The van der Waals surface area contributed by atoms with Crippen LogP contribution in [0.5, 0.6) is 0 Å². The van der Waals surface area contributed by atoms with E-state index in [1.54, 1.807) is 11.8 Å². The summed E-state index contributed by atoms with van der Waals surface area (Å²) in [6, 6.07) is 18.5. The highest BCUT2D eigenvalue weighted by atomic mass is 32.2. The van der Waals surface area contributed by atoms with E-state index in [0.717, 1.165) is 21.6 Å². The molecule has 0 aliphatic carbocycles.